The van der Waals surface area contributed by atoms with Gasteiger partial charge in [-0.15, -0.1) is 0 Å². The summed E-state index contributed by atoms with van der Waals surface area (Å²) in [6.45, 7) is 0. The molecule has 1 aromatic heterocycles. The summed E-state index contributed by atoms with van der Waals surface area (Å²) >= 11 is 3.13. The molecule has 20 heavy (non-hydrogen) atoms. The van der Waals surface area contributed by atoms with Crippen LogP contribution in [0.5, 0.6) is 11.5 Å². The van der Waals surface area contributed by atoms with Crippen molar-refractivity contribution in [1.82, 2.24) is 4.98 Å². The molecule has 0 aliphatic carbocycles. The number of ether oxygens (including phenoxy) is 1. The van der Waals surface area contributed by atoms with Crippen LogP contribution in [-0.2, 0) is 0 Å². The number of nitrogens with zero attached hydrogens (tertiary/aromatic N) is 1. The summed E-state index contributed by atoms with van der Waals surface area (Å²) < 4.78 is 19.3. The molecule has 100 valence electrons. The number of hydrogen-bond acceptors (Lipinski definition) is 3. The third-order valence-corrected chi connectivity index (χ3v) is 3.49. The van der Waals surface area contributed by atoms with E-state index in [2.05, 4.69) is 20.9 Å². The maximum absolute atomic E-state index is 13.2. The summed E-state index contributed by atoms with van der Waals surface area (Å²) in [5.41, 5.74) is 7.22. The van der Waals surface area contributed by atoms with Gasteiger partial charge in [-0.1, -0.05) is 0 Å². The minimum atomic E-state index is -0.336. The average Bonchev–Trinajstić information content (AvgIpc) is 2.46. The monoisotopic (exact) mass is 332 g/mol. The lowest BCUT2D eigenvalue weighted by atomic mass is 10.1. The van der Waals surface area contributed by atoms with Crippen LogP contribution in [0.15, 0.2) is 53.1 Å². The number of anilines is 1. The van der Waals surface area contributed by atoms with Crippen LogP contribution in [-0.4, -0.2) is 4.98 Å². The lowest BCUT2D eigenvalue weighted by molar-refractivity contribution is 0.484. The van der Waals surface area contributed by atoms with Crippen molar-refractivity contribution in [3.05, 3.63) is 59.0 Å². The largest absolute Gasteiger partial charge is 0.455 e. The van der Waals surface area contributed by atoms with Crippen LogP contribution in [0.25, 0.3) is 10.9 Å². The number of aromatic nitrogens is 1. The zero-order chi connectivity index (χ0) is 14.1. The fourth-order valence-corrected chi connectivity index (χ4v) is 2.28. The van der Waals surface area contributed by atoms with Crippen LogP contribution >= 0.6 is 15.9 Å². The maximum atomic E-state index is 13.2. The van der Waals surface area contributed by atoms with Crippen LogP contribution in [0.4, 0.5) is 10.1 Å². The first kappa shape index (κ1) is 12.9. The highest BCUT2D eigenvalue weighted by Gasteiger charge is 2.08. The van der Waals surface area contributed by atoms with Crippen molar-refractivity contribution in [2.75, 3.05) is 5.73 Å². The minimum Gasteiger partial charge on any atom is -0.455 e. The van der Waals surface area contributed by atoms with Crippen LogP contribution in [0.1, 0.15) is 0 Å². The van der Waals surface area contributed by atoms with Crippen LogP contribution < -0.4 is 10.5 Å². The van der Waals surface area contributed by atoms with Crippen molar-refractivity contribution in [3.63, 3.8) is 0 Å². The van der Waals surface area contributed by atoms with Gasteiger partial charge in [-0.2, -0.15) is 0 Å². The van der Waals surface area contributed by atoms with E-state index in [0.717, 1.165) is 5.39 Å². The van der Waals surface area contributed by atoms with E-state index in [1.54, 1.807) is 30.5 Å². The molecular weight excluding hydrogens is 323 g/mol. The molecule has 3 nitrogen and oxygen atoms in total. The van der Waals surface area contributed by atoms with Crippen molar-refractivity contribution < 1.29 is 9.13 Å². The topological polar surface area (TPSA) is 48.1 Å². The predicted octanol–water partition coefficient (Wildman–Crippen LogP) is 4.51. The van der Waals surface area contributed by atoms with Gasteiger partial charge in [-0.05, 0) is 58.4 Å². The molecule has 0 saturated carbocycles. The lowest BCUT2D eigenvalue weighted by Gasteiger charge is -2.10. The Hall–Kier alpha value is -2.14. The quantitative estimate of drug-likeness (QED) is 0.702. The van der Waals surface area contributed by atoms with E-state index < -0.39 is 0 Å². The molecule has 3 aromatic rings. The van der Waals surface area contributed by atoms with Gasteiger partial charge in [-0.25, -0.2) is 4.39 Å². The Morgan fingerprint density at radius 1 is 1.15 bits per heavy atom. The average molecular weight is 333 g/mol. The number of nitrogens with two attached hydrogens (primary N) is 1. The molecule has 2 aromatic carbocycles. The standard InChI is InChI=1S/C15H10BrFN2O/c16-11-8-9(3-4-12(11)17)20-14-6-5-13(18)10-2-1-7-19-15(10)14/h1-8H,18H2. The number of benzene rings is 2. The minimum absolute atomic E-state index is 0.336. The number of nitrogen functional groups attached to an aromatic ring is 1. The van der Waals surface area contributed by atoms with E-state index in [0.29, 0.717) is 27.2 Å². The SMILES string of the molecule is Nc1ccc(Oc2ccc(F)c(Br)c2)c2ncccc12. The molecule has 0 atom stereocenters. The fraction of sp³-hybridized carbons (Fsp3) is 0. The first-order valence-corrected chi connectivity index (χ1v) is 6.70. The number of rotatable bonds is 2. The smallest absolute Gasteiger partial charge is 0.153 e. The fourth-order valence-electron chi connectivity index (χ4n) is 1.92. The molecular formula is C15H10BrFN2O. The van der Waals surface area contributed by atoms with Crippen LogP contribution in [0.2, 0.25) is 0 Å². The molecule has 2 N–H and O–H groups in total. The molecule has 0 amide bonds. The van der Waals surface area contributed by atoms with Crippen LogP contribution in [0, 0.1) is 5.82 Å². The molecule has 5 heteroatoms. The van der Waals surface area contributed by atoms with Gasteiger partial charge in [0.1, 0.15) is 17.1 Å². The lowest BCUT2D eigenvalue weighted by Crippen LogP contribution is -1.92. The van der Waals surface area contributed by atoms with Crippen molar-refractivity contribution in [2.24, 2.45) is 0 Å². The third kappa shape index (κ3) is 2.32. The Balaban J connectivity index is 2.06. The van der Waals surface area contributed by atoms with Gasteiger partial charge in [0.15, 0.2) is 5.75 Å². The Morgan fingerprint density at radius 3 is 2.80 bits per heavy atom. The second kappa shape index (κ2) is 5.09. The third-order valence-electron chi connectivity index (χ3n) is 2.89. The molecule has 0 fully saturated rings. The highest BCUT2D eigenvalue weighted by atomic mass is 79.9. The van der Waals surface area contributed by atoms with Gasteiger partial charge in [-0.3, -0.25) is 4.98 Å². The molecule has 1 heterocycles. The predicted molar refractivity (Wildman–Crippen MR) is 80.3 cm³/mol. The summed E-state index contributed by atoms with van der Waals surface area (Å²) in [5.74, 6) is 0.765. The van der Waals surface area contributed by atoms with Gasteiger partial charge in [0.2, 0.25) is 0 Å². The van der Waals surface area contributed by atoms with Crippen molar-refractivity contribution in [1.29, 1.82) is 0 Å². The second-order valence-corrected chi connectivity index (χ2v) is 5.08. The zero-order valence-electron chi connectivity index (χ0n) is 10.3. The van der Waals surface area contributed by atoms with E-state index >= 15 is 0 Å². The van der Waals surface area contributed by atoms with Gasteiger partial charge in [0, 0.05) is 17.3 Å². The van der Waals surface area contributed by atoms with Crippen molar-refractivity contribution in [3.8, 4) is 11.5 Å². The van der Waals surface area contributed by atoms with E-state index in [1.165, 1.54) is 6.07 Å². The van der Waals surface area contributed by atoms with E-state index in [9.17, 15) is 4.39 Å². The van der Waals surface area contributed by atoms with E-state index in [-0.39, 0.29) is 5.82 Å². The molecule has 0 radical (unpaired) electrons. The molecule has 0 aliphatic rings. The highest BCUT2D eigenvalue weighted by molar-refractivity contribution is 9.10. The molecule has 3 rings (SSSR count). The van der Waals surface area contributed by atoms with Gasteiger partial charge >= 0.3 is 0 Å². The zero-order valence-corrected chi connectivity index (χ0v) is 11.9. The van der Waals surface area contributed by atoms with Crippen LogP contribution in [0.3, 0.4) is 0 Å². The first-order chi connectivity index (χ1) is 9.65. The van der Waals surface area contributed by atoms with Gasteiger partial charge in [0.05, 0.1) is 4.47 Å². The van der Waals surface area contributed by atoms with E-state index in [4.69, 9.17) is 10.5 Å². The number of hydrogen-bond donors (Lipinski definition) is 1. The summed E-state index contributed by atoms with van der Waals surface area (Å²) in [5, 5.41) is 0.825. The molecule has 0 bridgehead atoms. The summed E-state index contributed by atoms with van der Waals surface area (Å²) in [4.78, 5) is 4.29. The molecule has 0 unspecified atom stereocenters. The maximum Gasteiger partial charge on any atom is 0.153 e. The second-order valence-electron chi connectivity index (χ2n) is 4.23. The number of pyridine rings is 1. The summed E-state index contributed by atoms with van der Waals surface area (Å²) in [7, 11) is 0. The normalized spacial score (nSPS) is 10.7. The molecule has 0 aliphatic heterocycles. The Morgan fingerprint density at radius 2 is 2.00 bits per heavy atom. The Labute approximate surface area is 123 Å². The number of fused-ring (bicyclic) bond motifs is 1. The van der Waals surface area contributed by atoms with Crippen molar-refractivity contribution in [2.45, 2.75) is 0 Å². The van der Waals surface area contributed by atoms with Gasteiger partial charge < -0.3 is 10.5 Å². The van der Waals surface area contributed by atoms with Gasteiger partial charge in [0.25, 0.3) is 0 Å². The first-order valence-electron chi connectivity index (χ1n) is 5.91. The van der Waals surface area contributed by atoms with Crippen molar-refractivity contribution >= 4 is 32.5 Å². The highest BCUT2D eigenvalue weighted by Crippen LogP contribution is 2.32. The molecule has 0 spiro atoms. The van der Waals surface area contributed by atoms with E-state index in [1.807, 2.05) is 12.1 Å². The Bertz CT molecular complexity index is 792. The number of halogens is 2. The summed E-state index contributed by atoms with van der Waals surface area (Å²) in [6.07, 6.45) is 1.68. The summed E-state index contributed by atoms with van der Waals surface area (Å²) in [6, 6.07) is 11.7. The molecule has 0 saturated heterocycles. The Kier molecular flexibility index (Phi) is 3.28.